The van der Waals surface area contributed by atoms with Gasteiger partial charge in [-0.1, -0.05) is 13.3 Å². The number of aliphatic hydroxyl groups is 1. The minimum atomic E-state index is -0.113. The Morgan fingerprint density at radius 2 is 2.38 bits per heavy atom. The van der Waals surface area contributed by atoms with Crippen LogP contribution in [0.4, 0.5) is 0 Å². The molecule has 4 heteroatoms. The van der Waals surface area contributed by atoms with Crippen LogP contribution in [0, 0.1) is 5.92 Å². The first-order chi connectivity index (χ1) is 7.76. The van der Waals surface area contributed by atoms with Crippen LogP contribution in [0.2, 0.25) is 0 Å². The molecule has 94 valence electrons. The number of carbonyl (C=O) groups is 1. The summed E-state index contributed by atoms with van der Waals surface area (Å²) in [7, 11) is 0. The van der Waals surface area contributed by atoms with Crippen LogP contribution in [-0.2, 0) is 9.53 Å². The zero-order valence-corrected chi connectivity index (χ0v) is 10.2. The summed E-state index contributed by atoms with van der Waals surface area (Å²) in [5.74, 6) is 0.437. The van der Waals surface area contributed by atoms with E-state index in [-0.39, 0.29) is 12.6 Å². The van der Waals surface area contributed by atoms with Crippen molar-refractivity contribution in [3.63, 3.8) is 0 Å². The normalized spacial score (nSPS) is 21.2. The molecule has 1 rings (SSSR count). The van der Waals surface area contributed by atoms with Crippen molar-refractivity contribution in [2.24, 2.45) is 5.92 Å². The summed E-state index contributed by atoms with van der Waals surface area (Å²) in [6, 6.07) is 0. The third-order valence-corrected chi connectivity index (χ3v) is 3.02. The van der Waals surface area contributed by atoms with Crippen molar-refractivity contribution in [2.45, 2.75) is 32.6 Å². The molecule has 0 aromatic carbocycles. The highest BCUT2D eigenvalue weighted by Gasteiger charge is 2.23. The number of esters is 1. The van der Waals surface area contributed by atoms with Crippen molar-refractivity contribution in [3.8, 4) is 0 Å². The molecule has 0 radical (unpaired) electrons. The SMILES string of the molecule is CCCCOC(=O)CN1CCC(CCO)C1. The van der Waals surface area contributed by atoms with Crippen LogP contribution < -0.4 is 0 Å². The number of unbranched alkanes of at least 4 members (excludes halogenated alkanes) is 1. The Labute approximate surface area is 97.6 Å². The molecule has 1 unspecified atom stereocenters. The molecule has 1 aliphatic rings. The first-order valence-electron chi connectivity index (χ1n) is 6.25. The quantitative estimate of drug-likeness (QED) is 0.523. The maximum atomic E-state index is 11.4. The monoisotopic (exact) mass is 229 g/mol. The first-order valence-corrected chi connectivity index (χ1v) is 6.25. The highest BCUT2D eigenvalue weighted by atomic mass is 16.5. The van der Waals surface area contributed by atoms with Crippen LogP contribution in [0.3, 0.4) is 0 Å². The van der Waals surface area contributed by atoms with E-state index in [2.05, 4.69) is 11.8 Å². The second kappa shape index (κ2) is 7.63. The molecule has 1 heterocycles. The third kappa shape index (κ3) is 4.94. The minimum Gasteiger partial charge on any atom is -0.465 e. The van der Waals surface area contributed by atoms with Gasteiger partial charge in [0.2, 0.25) is 0 Å². The Morgan fingerprint density at radius 1 is 1.56 bits per heavy atom. The summed E-state index contributed by atoms with van der Waals surface area (Å²) >= 11 is 0. The third-order valence-electron chi connectivity index (χ3n) is 3.02. The number of ether oxygens (including phenoxy) is 1. The van der Waals surface area contributed by atoms with Gasteiger partial charge in [0.15, 0.2) is 0 Å². The molecule has 1 atom stereocenters. The Bertz CT molecular complexity index is 208. The van der Waals surface area contributed by atoms with E-state index >= 15 is 0 Å². The number of hydrogen-bond donors (Lipinski definition) is 1. The van der Waals surface area contributed by atoms with Crippen molar-refractivity contribution in [1.29, 1.82) is 0 Å². The lowest BCUT2D eigenvalue weighted by Crippen LogP contribution is -2.29. The molecule has 1 N–H and O–H groups in total. The molecule has 0 aromatic heterocycles. The summed E-state index contributed by atoms with van der Waals surface area (Å²) in [6.07, 6.45) is 3.93. The highest BCUT2D eigenvalue weighted by molar-refractivity contribution is 5.71. The van der Waals surface area contributed by atoms with Crippen molar-refractivity contribution in [1.82, 2.24) is 4.90 Å². The highest BCUT2D eigenvalue weighted by Crippen LogP contribution is 2.18. The molecule has 0 spiro atoms. The van der Waals surface area contributed by atoms with Gasteiger partial charge >= 0.3 is 5.97 Å². The van der Waals surface area contributed by atoms with Crippen LogP contribution >= 0.6 is 0 Å². The molecule has 1 fully saturated rings. The minimum absolute atomic E-state index is 0.113. The fraction of sp³-hybridized carbons (Fsp3) is 0.917. The average molecular weight is 229 g/mol. The van der Waals surface area contributed by atoms with Gasteiger partial charge in [-0.3, -0.25) is 9.69 Å². The Morgan fingerprint density at radius 3 is 3.06 bits per heavy atom. The molecule has 0 bridgehead atoms. The van der Waals surface area contributed by atoms with Crippen LogP contribution in [0.15, 0.2) is 0 Å². The summed E-state index contributed by atoms with van der Waals surface area (Å²) < 4.78 is 5.11. The van der Waals surface area contributed by atoms with Crippen LogP contribution in [0.5, 0.6) is 0 Å². The number of carbonyl (C=O) groups excluding carboxylic acids is 1. The topological polar surface area (TPSA) is 49.8 Å². The lowest BCUT2D eigenvalue weighted by molar-refractivity contribution is -0.144. The molecule has 0 amide bonds. The fourth-order valence-electron chi connectivity index (χ4n) is 2.03. The van der Waals surface area contributed by atoms with E-state index in [1.165, 1.54) is 0 Å². The summed E-state index contributed by atoms with van der Waals surface area (Å²) in [5, 5.41) is 8.83. The second-order valence-electron chi connectivity index (χ2n) is 4.48. The van der Waals surface area contributed by atoms with E-state index in [0.29, 0.717) is 19.1 Å². The van der Waals surface area contributed by atoms with E-state index in [9.17, 15) is 4.79 Å². The Balaban J connectivity index is 2.11. The van der Waals surface area contributed by atoms with E-state index < -0.39 is 0 Å². The number of rotatable bonds is 7. The Kier molecular flexibility index (Phi) is 6.42. The average Bonchev–Trinajstić information content (AvgIpc) is 2.66. The van der Waals surface area contributed by atoms with Crippen molar-refractivity contribution >= 4 is 5.97 Å². The van der Waals surface area contributed by atoms with Gasteiger partial charge in [-0.25, -0.2) is 0 Å². The number of aliphatic hydroxyl groups excluding tert-OH is 1. The number of hydrogen-bond acceptors (Lipinski definition) is 4. The molecule has 1 aliphatic heterocycles. The summed E-state index contributed by atoms with van der Waals surface area (Å²) in [4.78, 5) is 13.5. The summed E-state index contributed by atoms with van der Waals surface area (Å²) in [5.41, 5.74) is 0. The number of likely N-dealkylation sites (tertiary alicyclic amines) is 1. The lowest BCUT2D eigenvalue weighted by atomic mass is 10.1. The Hall–Kier alpha value is -0.610. The van der Waals surface area contributed by atoms with E-state index in [1.54, 1.807) is 0 Å². The zero-order chi connectivity index (χ0) is 11.8. The van der Waals surface area contributed by atoms with Crippen LogP contribution in [0.25, 0.3) is 0 Å². The van der Waals surface area contributed by atoms with Gasteiger partial charge in [0.1, 0.15) is 0 Å². The predicted molar refractivity (Wildman–Crippen MR) is 62.1 cm³/mol. The predicted octanol–water partition coefficient (Wildman–Crippen LogP) is 1.03. The standard InChI is InChI=1S/C12H23NO3/c1-2-3-8-16-12(15)10-13-6-4-11(9-13)5-7-14/h11,14H,2-10H2,1H3. The van der Waals surface area contributed by atoms with Crippen molar-refractivity contribution in [3.05, 3.63) is 0 Å². The van der Waals surface area contributed by atoms with E-state index in [1.807, 2.05) is 0 Å². The zero-order valence-electron chi connectivity index (χ0n) is 10.2. The van der Waals surface area contributed by atoms with Crippen LogP contribution in [-0.4, -0.2) is 48.8 Å². The smallest absolute Gasteiger partial charge is 0.320 e. The molecule has 0 saturated carbocycles. The van der Waals surface area contributed by atoms with E-state index in [0.717, 1.165) is 38.8 Å². The molecule has 0 aromatic rings. The van der Waals surface area contributed by atoms with Crippen molar-refractivity contribution in [2.75, 3.05) is 32.8 Å². The molecular formula is C12H23NO3. The lowest BCUT2D eigenvalue weighted by Gasteiger charge is -2.14. The van der Waals surface area contributed by atoms with Gasteiger partial charge in [-0.05, 0) is 31.7 Å². The maximum Gasteiger partial charge on any atom is 0.320 e. The number of nitrogens with zero attached hydrogens (tertiary/aromatic N) is 1. The molecule has 16 heavy (non-hydrogen) atoms. The molecular weight excluding hydrogens is 206 g/mol. The molecule has 0 aliphatic carbocycles. The maximum absolute atomic E-state index is 11.4. The molecule has 1 saturated heterocycles. The van der Waals surface area contributed by atoms with Crippen molar-refractivity contribution < 1.29 is 14.6 Å². The van der Waals surface area contributed by atoms with Gasteiger partial charge in [0.05, 0.1) is 13.2 Å². The van der Waals surface area contributed by atoms with Gasteiger partial charge in [0, 0.05) is 13.2 Å². The van der Waals surface area contributed by atoms with Gasteiger partial charge < -0.3 is 9.84 Å². The van der Waals surface area contributed by atoms with Gasteiger partial charge in [0.25, 0.3) is 0 Å². The van der Waals surface area contributed by atoms with E-state index in [4.69, 9.17) is 9.84 Å². The van der Waals surface area contributed by atoms with Gasteiger partial charge in [-0.2, -0.15) is 0 Å². The molecule has 4 nitrogen and oxygen atoms in total. The largest absolute Gasteiger partial charge is 0.465 e. The second-order valence-corrected chi connectivity index (χ2v) is 4.48. The first kappa shape index (κ1) is 13.5. The van der Waals surface area contributed by atoms with Crippen LogP contribution in [0.1, 0.15) is 32.6 Å². The summed E-state index contributed by atoms with van der Waals surface area (Å²) in [6.45, 7) is 5.15. The fourth-order valence-corrected chi connectivity index (χ4v) is 2.03. The van der Waals surface area contributed by atoms with Gasteiger partial charge in [-0.15, -0.1) is 0 Å².